The van der Waals surface area contributed by atoms with Gasteiger partial charge in [0.2, 0.25) is 0 Å². The van der Waals surface area contributed by atoms with E-state index in [9.17, 15) is 5.11 Å². The predicted octanol–water partition coefficient (Wildman–Crippen LogP) is 3.48. The van der Waals surface area contributed by atoms with Crippen molar-refractivity contribution in [2.45, 2.75) is 52.1 Å². The SMILES string of the molecule is CCCC(O)CCCc1ccccc1C. The van der Waals surface area contributed by atoms with Gasteiger partial charge in [-0.25, -0.2) is 0 Å². The van der Waals surface area contributed by atoms with Gasteiger partial charge in [0, 0.05) is 0 Å². The van der Waals surface area contributed by atoms with Crippen molar-refractivity contribution in [2.75, 3.05) is 0 Å². The summed E-state index contributed by atoms with van der Waals surface area (Å²) in [7, 11) is 0. The molecule has 0 spiro atoms. The molecule has 0 heterocycles. The molecule has 0 amide bonds. The lowest BCUT2D eigenvalue weighted by atomic mass is 10.0. The van der Waals surface area contributed by atoms with Crippen LogP contribution in [-0.4, -0.2) is 11.2 Å². The van der Waals surface area contributed by atoms with Crippen molar-refractivity contribution < 1.29 is 5.11 Å². The van der Waals surface area contributed by atoms with Crippen molar-refractivity contribution in [1.82, 2.24) is 0 Å². The zero-order valence-electron chi connectivity index (χ0n) is 9.87. The molecule has 1 unspecified atom stereocenters. The fourth-order valence-electron chi connectivity index (χ4n) is 1.90. The van der Waals surface area contributed by atoms with Crippen LogP contribution in [0.5, 0.6) is 0 Å². The average molecular weight is 206 g/mol. The molecule has 0 aliphatic carbocycles. The molecule has 1 N–H and O–H groups in total. The summed E-state index contributed by atoms with van der Waals surface area (Å²) in [4.78, 5) is 0. The van der Waals surface area contributed by atoms with Crippen LogP contribution in [0.3, 0.4) is 0 Å². The first-order chi connectivity index (χ1) is 7.24. The van der Waals surface area contributed by atoms with E-state index in [4.69, 9.17) is 0 Å². The summed E-state index contributed by atoms with van der Waals surface area (Å²) in [6.07, 6.45) is 5.03. The van der Waals surface area contributed by atoms with E-state index >= 15 is 0 Å². The van der Waals surface area contributed by atoms with E-state index < -0.39 is 0 Å². The molecule has 0 radical (unpaired) electrons. The van der Waals surface area contributed by atoms with Gasteiger partial charge >= 0.3 is 0 Å². The molecule has 0 fully saturated rings. The molecule has 0 aromatic heterocycles. The van der Waals surface area contributed by atoms with Gasteiger partial charge in [0.1, 0.15) is 0 Å². The lowest BCUT2D eigenvalue weighted by Gasteiger charge is -2.09. The maximum Gasteiger partial charge on any atom is 0.0540 e. The predicted molar refractivity (Wildman–Crippen MR) is 65.0 cm³/mol. The zero-order valence-corrected chi connectivity index (χ0v) is 9.87. The van der Waals surface area contributed by atoms with Crippen molar-refractivity contribution in [2.24, 2.45) is 0 Å². The van der Waals surface area contributed by atoms with E-state index in [1.54, 1.807) is 0 Å². The van der Waals surface area contributed by atoms with Crippen molar-refractivity contribution in [3.8, 4) is 0 Å². The smallest absolute Gasteiger partial charge is 0.0540 e. The van der Waals surface area contributed by atoms with E-state index in [2.05, 4.69) is 38.1 Å². The molecule has 1 nitrogen and oxygen atoms in total. The van der Waals surface area contributed by atoms with E-state index in [1.165, 1.54) is 11.1 Å². The minimum Gasteiger partial charge on any atom is -0.393 e. The molecule has 0 bridgehead atoms. The van der Waals surface area contributed by atoms with Gasteiger partial charge in [-0.2, -0.15) is 0 Å². The number of hydrogen-bond donors (Lipinski definition) is 1. The largest absolute Gasteiger partial charge is 0.393 e. The molecule has 1 rings (SSSR count). The van der Waals surface area contributed by atoms with Crippen LogP contribution >= 0.6 is 0 Å². The Hall–Kier alpha value is -0.820. The van der Waals surface area contributed by atoms with Gasteiger partial charge in [-0.15, -0.1) is 0 Å². The van der Waals surface area contributed by atoms with Gasteiger partial charge < -0.3 is 5.11 Å². The second-order valence-corrected chi connectivity index (χ2v) is 4.26. The van der Waals surface area contributed by atoms with E-state index in [0.29, 0.717) is 0 Å². The summed E-state index contributed by atoms with van der Waals surface area (Å²) >= 11 is 0. The van der Waals surface area contributed by atoms with Crippen LogP contribution in [0.2, 0.25) is 0 Å². The monoisotopic (exact) mass is 206 g/mol. The lowest BCUT2D eigenvalue weighted by molar-refractivity contribution is 0.151. The van der Waals surface area contributed by atoms with Crippen molar-refractivity contribution in [3.63, 3.8) is 0 Å². The average Bonchev–Trinajstić information content (AvgIpc) is 2.21. The van der Waals surface area contributed by atoms with Crippen molar-refractivity contribution in [1.29, 1.82) is 0 Å². The maximum atomic E-state index is 9.60. The maximum absolute atomic E-state index is 9.60. The molecule has 0 saturated heterocycles. The number of hydrogen-bond acceptors (Lipinski definition) is 1. The molecule has 1 heteroatoms. The Bertz CT molecular complexity index is 280. The van der Waals surface area contributed by atoms with Gasteiger partial charge in [0.05, 0.1) is 6.10 Å². The van der Waals surface area contributed by atoms with Crippen molar-refractivity contribution in [3.05, 3.63) is 35.4 Å². The first-order valence-electron chi connectivity index (χ1n) is 5.96. The highest BCUT2D eigenvalue weighted by Gasteiger charge is 2.03. The summed E-state index contributed by atoms with van der Waals surface area (Å²) in [5.41, 5.74) is 2.78. The van der Waals surface area contributed by atoms with Crippen LogP contribution in [0.15, 0.2) is 24.3 Å². The highest BCUT2D eigenvalue weighted by molar-refractivity contribution is 5.25. The van der Waals surface area contributed by atoms with Crippen LogP contribution in [0.4, 0.5) is 0 Å². The van der Waals surface area contributed by atoms with Gasteiger partial charge in [-0.05, 0) is 43.7 Å². The Balaban J connectivity index is 2.29. The van der Waals surface area contributed by atoms with E-state index in [1.807, 2.05) is 0 Å². The summed E-state index contributed by atoms with van der Waals surface area (Å²) in [5, 5.41) is 9.60. The highest BCUT2D eigenvalue weighted by Crippen LogP contribution is 2.12. The van der Waals surface area contributed by atoms with Gasteiger partial charge in [-0.1, -0.05) is 37.6 Å². The molecule has 1 aromatic rings. The number of rotatable bonds is 6. The van der Waals surface area contributed by atoms with Gasteiger partial charge in [0.25, 0.3) is 0 Å². The Labute approximate surface area is 93.1 Å². The zero-order chi connectivity index (χ0) is 11.1. The molecule has 0 saturated carbocycles. The number of benzene rings is 1. The molecule has 1 aromatic carbocycles. The van der Waals surface area contributed by atoms with E-state index in [0.717, 1.165) is 32.1 Å². The first kappa shape index (κ1) is 12.3. The van der Waals surface area contributed by atoms with Crippen LogP contribution in [-0.2, 0) is 6.42 Å². The quantitative estimate of drug-likeness (QED) is 0.755. The molecule has 0 aliphatic rings. The van der Waals surface area contributed by atoms with Crippen LogP contribution in [0.25, 0.3) is 0 Å². The number of aliphatic hydroxyl groups is 1. The normalized spacial score (nSPS) is 12.7. The van der Waals surface area contributed by atoms with E-state index in [-0.39, 0.29) is 6.10 Å². The third-order valence-corrected chi connectivity index (χ3v) is 2.87. The van der Waals surface area contributed by atoms with Gasteiger partial charge in [0.15, 0.2) is 0 Å². The summed E-state index contributed by atoms with van der Waals surface area (Å²) < 4.78 is 0. The van der Waals surface area contributed by atoms with Crippen LogP contribution < -0.4 is 0 Å². The summed E-state index contributed by atoms with van der Waals surface area (Å²) in [6.45, 7) is 4.27. The first-order valence-corrected chi connectivity index (χ1v) is 5.96. The molecule has 15 heavy (non-hydrogen) atoms. The highest BCUT2D eigenvalue weighted by atomic mass is 16.3. The summed E-state index contributed by atoms with van der Waals surface area (Å²) in [5.74, 6) is 0. The lowest BCUT2D eigenvalue weighted by Crippen LogP contribution is -2.06. The molecule has 84 valence electrons. The summed E-state index contributed by atoms with van der Waals surface area (Å²) in [6, 6.07) is 8.49. The minimum absolute atomic E-state index is 0.0981. The molecule has 0 aliphatic heterocycles. The Kier molecular flexibility index (Phi) is 5.41. The van der Waals surface area contributed by atoms with Gasteiger partial charge in [-0.3, -0.25) is 0 Å². The molecular formula is C14H22O. The third-order valence-electron chi connectivity index (χ3n) is 2.87. The fraction of sp³-hybridized carbons (Fsp3) is 0.571. The number of aliphatic hydroxyl groups excluding tert-OH is 1. The minimum atomic E-state index is -0.0981. The standard InChI is InChI=1S/C14H22O/c1-3-7-14(15)11-6-10-13-9-5-4-8-12(13)2/h4-5,8-9,14-15H,3,6-7,10-11H2,1-2H3. The second kappa shape index (κ2) is 6.62. The molecular weight excluding hydrogens is 184 g/mol. The Morgan fingerprint density at radius 2 is 1.93 bits per heavy atom. The van der Waals surface area contributed by atoms with Crippen LogP contribution in [0, 0.1) is 6.92 Å². The topological polar surface area (TPSA) is 20.2 Å². The fourth-order valence-corrected chi connectivity index (χ4v) is 1.90. The van der Waals surface area contributed by atoms with Crippen LogP contribution in [0.1, 0.15) is 43.7 Å². The third kappa shape index (κ3) is 4.48. The number of aryl methyl sites for hydroxylation is 2. The van der Waals surface area contributed by atoms with Crippen molar-refractivity contribution >= 4 is 0 Å². The molecule has 1 atom stereocenters. The Morgan fingerprint density at radius 3 is 2.60 bits per heavy atom. The Morgan fingerprint density at radius 1 is 1.20 bits per heavy atom. The second-order valence-electron chi connectivity index (χ2n) is 4.26.